The zero-order chi connectivity index (χ0) is 24.7. The summed E-state index contributed by atoms with van der Waals surface area (Å²) >= 11 is 0. The van der Waals surface area contributed by atoms with Gasteiger partial charge in [0.05, 0.1) is 12.8 Å². The third-order valence-electron chi connectivity index (χ3n) is 6.53. The summed E-state index contributed by atoms with van der Waals surface area (Å²) in [4.78, 5) is 26.6. The highest BCUT2D eigenvalue weighted by Crippen LogP contribution is 2.46. The first kappa shape index (κ1) is 22.9. The molecule has 1 aliphatic carbocycles. The first-order valence-corrected chi connectivity index (χ1v) is 12.0. The fourth-order valence-electron chi connectivity index (χ4n) is 5.03. The molecule has 5 rings (SSSR count). The highest BCUT2D eigenvalue weighted by Gasteiger charge is 2.42. The average molecular weight is 471 g/mol. The lowest BCUT2D eigenvalue weighted by molar-refractivity contribution is -0.118. The van der Waals surface area contributed by atoms with Crippen molar-refractivity contribution >= 4 is 23.2 Å². The predicted molar refractivity (Wildman–Crippen MR) is 136 cm³/mol. The molecule has 0 unspecified atom stereocenters. The molecule has 2 aromatic carbocycles. The second kappa shape index (κ2) is 8.73. The van der Waals surface area contributed by atoms with Crippen LogP contribution in [0.4, 0.5) is 11.5 Å². The predicted octanol–water partition coefficient (Wildman–Crippen LogP) is 5.50. The summed E-state index contributed by atoms with van der Waals surface area (Å²) in [5.41, 5.74) is 4.64. The summed E-state index contributed by atoms with van der Waals surface area (Å²) < 4.78 is 7.26. The number of nitrogens with one attached hydrogen (secondary N) is 2. The number of aryl methyl sites for hydroxylation is 1. The molecule has 2 N–H and O–H groups in total. The molecule has 7 nitrogen and oxygen atoms in total. The topological polar surface area (TPSA) is 85.2 Å². The smallest absolute Gasteiger partial charge is 0.261 e. The van der Waals surface area contributed by atoms with E-state index in [1.54, 1.807) is 10.9 Å². The number of carbonyl (C=O) groups is 2. The van der Waals surface area contributed by atoms with E-state index in [1.807, 2.05) is 56.3 Å². The minimum absolute atomic E-state index is 0.122. The van der Waals surface area contributed by atoms with E-state index in [0.29, 0.717) is 30.1 Å². The molecular weight excluding hydrogens is 440 g/mol. The van der Waals surface area contributed by atoms with Gasteiger partial charge in [0.25, 0.3) is 5.91 Å². The standard InChI is InChI=1S/C28H30N4O3/c1-5-35-20-11-9-19(10-12-20)30-27(34)21-16-29-32-25(18-8-6-7-17(2)13-18)24-22(31-26(21)32)14-28(3,4)15-23(24)33/h6-13,16,25,31H,5,14-15H2,1-4H3,(H,30,34)/t25-/m1/s1. The fourth-order valence-corrected chi connectivity index (χ4v) is 5.03. The van der Waals surface area contributed by atoms with Crippen LogP contribution in [0.5, 0.6) is 5.75 Å². The lowest BCUT2D eigenvalue weighted by Gasteiger charge is -2.39. The Kier molecular flexibility index (Phi) is 5.71. The fraction of sp³-hybridized carbons (Fsp3) is 0.321. The third-order valence-corrected chi connectivity index (χ3v) is 6.53. The van der Waals surface area contributed by atoms with Crippen LogP contribution in [0.1, 0.15) is 61.1 Å². The zero-order valence-electron chi connectivity index (χ0n) is 20.5. The number of Topliss-reactive ketones (excluding diaryl/α,β-unsaturated/α-hetero) is 1. The van der Waals surface area contributed by atoms with E-state index in [0.717, 1.165) is 34.6 Å². The molecule has 0 fully saturated rings. The number of ether oxygens (including phenoxy) is 1. The Morgan fingerprint density at radius 3 is 2.69 bits per heavy atom. The summed E-state index contributed by atoms with van der Waals surface area (Å²) in [5, 5.41) is 11.0. The van der Waals surface area contributed by atoms with Gasteiger partial charge in [-0.15, -0.1) is 0 Å². The van der Waals surface area contributed by atoms with E-state index in [2.05, 4.69) is 35.6 Å². The number of rotatable bonds is 5. The molecule has 3 aromatic rings. The number of aromatic nitrogens is 2. The quantitative estimate of drug-likeness (QED) is 0.514. The molecule has 1 atom stereocenters. The van der Waals surface area contributed by atoms with Crippen LogP contribution in [0.15, 0.2) is 66.0 Å². The number of carbonyl (C=O) groups excluding carboxylic acids is 2. The van der Waals surface area contributed by atoms with Crippen molar-refractivity contribution in [3.8, 4) is 5.75 Å². The van der Waals surface area contributed by atoms with Crippen molar-refractivity contribution in [3.63, 3.8) is 0 Å². The van der Waals surface area contributed by atoms with E-state index in [4.69, 9.17) is 4.74 Å². The molecule has 0 spiro atoms. The summed E-state index contributed by atoms with van der Waals surface area (Å²) in [7, 11) is 0. The van der Waals surface area contributed by atoms with Crippen molar-refractivity contribution in [1.29, 1.82) is 0 Å². The minimum Gasteiger partial charge on any atom is -0.494 e. The second-order valence-electron chi connectivity index (χ2n) is 10.0. The van der Waals surface area contributed by atoms with Crippen LogP contribution in [0, 0.1) is 12.3 Å². The molecule has 1 aromatic heterocycles. The SMILES string of the molecule is CCOc1ccc(NC(=O)c2cnn3c2NC2=C(C(=O)CC(C)(C)C2)[C@H]3c2cccc(C)c2)cc1. The van der Waals surface area contributed by atoms with Gasteiger partial charge in [0.2, 0.25) is 0 Å². The molecule has 1 amide bonds. The second-order valence-corrected chi connectivity index (χ2v) is 10.0. The summed E-state index contributed by atoms with van der Waals surface area (Å²) in [6.45, 7) is 8.75. The minimum atomic E-state index is -0.378. The van der Waals surface area contributed by atoms with Crippen LogP contribution in [0.3, 0.4) is 0 Å². The first-order chi connectivity index (χ1) is 16.8. The van der Waals surface area contributed by atoms with Crippen LogP contribution >= 0.6 is 0 Å². The Labute approximate surface area is 205 Å². The van der Waals surface area contributed by atoms with Gasteiger partial charge < -0.3 is 15.4 Å². The van der Waals surface area contributed by atoms with Crippen molar-refractivity contribution in [2.75, 3.05) is 17.2 Å². The lowest BCUT2D eigenvalue weighted by atomic mass is 9.73. The zero-order valence-corrected chi connectivity index (χ0v) is 20.5. The Bertz CT molecular complexity index is 1330. The number of amides is 1. The van der Waals surface area contributed by atoms with Gasteiger partial charge in [-0.25, -0.2) is 4.68 Å². The van der Waals surface area contributed by atoms with Gasteiger partial charge in [-0.3, -0.25) is 9.59 Å². The van der Waals surface area contributed by atoms with E-state index < -0.39 is 0 Å². The number of allylic oxidation sites excluding steroid dienone is 2. The molecule has 0 saturated carbocycles. The molecule has 2 aliphatic rings. The molecule has 7 heteroatoms. The largest absolute Gasteiger partial charge is 0.494 e. The van der Waals surface area contributed by atoms with Crippen LogP contribution in [-0.4, -0.2) is 28.1 Å². The Morgan fingerprint density at radius 1 is 1.20 bits per heavy atom. The monoisotopic (exact) mass is 470 g/mol. The van der Waals surface area contributed by atoms with Gasteiger partial charge in [-0.05, 0) is 55.5 Å². The van der Waals surface area contributed by atoms with Crippen molar-refractivity contribution in [2.24, 2.45) is 5.41 Å². The summed E-state index contributed by atoms with van der Waals surface area (Å²) in [6.07, 6.45) is 2.78. The van der Waals surface area contributed by atoms with Gasteiger partial charge in [-0.1, -0.05) is 43.7 Å². The number of fused-ring (bicyclic) bond motifs is 1. The molecule has 1 aliphatic heterocycles. The molecule has 0 radical (unpaired) electrons. The number of ketones is 1. The van der Waals surface area contributed by atoms with E-state index in [9.17, 15) is 9.59 Å². The van der Waals surface area contributed by atoms with Crippen LogP contribution in [0.2, 0.25) is 0 Å². The van der Waals surface area contributed by atoms with Crippen LogP contribution in [-0.2, 0) is 4.79 Å². The maximum absolute atomic E-state index is 13.4. The Morgan fingerprint density at radius 2 is 1.97 bits per heavy atom. The molecular formula is C28H30N4O3. The number of anilines is 2. The third kappa shape index (κ3) is 4.34. The van der Waals surface area contributed by atoms with Crippen LogP contribution in [0.25, 0.3) is 0 Å². The highest BCUT2D eigenvalue weighted by atomic mass is 16.5. The van der Waals surface area contributed by atoms with Crippen molar-refractivity contribution in [1.82, 2.24) is 9.78 Å². The van der Waals surface area contributed by atoms with Crippen molar-refractivity contribution < 1.29 is 14.3 Å². The van der Waals surface area contributed by atoms with Gasteiger partial charge >= 0.3 is 0 Å². The van der Waals surface area contributed by atoms with Gasteiger partial charge in [0, 0.05) is 23.4 Å². The van der Waals surface area contributed by atoms with Crippen molar-refractivity contribution in [3.05, 3.63) is 82.7 Å². The maximum Gasteiger partial charge on any atom is 0.261 e. The maximum atomic E-state index is 13.4. The number of benzene rings is 2. The van der Waals surface area contributed by atoms with E-state index >= 15 is 0 Å². The molecule has 2 heterocycles. The summed E-state index contributed by atoms with van der Waals surface area (Å²) in [6, 6.07) is 15.0. The average Bonchev–Trinajstić information content (AvgIpc) is 3.22. The van der Waals surface area contributed by atoms with Gasteiger partial charge in [0.15, 0.2) is 5.78 Å². The molecule has 0 bridgehead atoms. The summed E-state index contributed by atoms with van der Waals surface area (Å²) in [5.74, 6) is 1.21. The number of nitrogens with zero attached hydrogens (tertiary/aromatic N) is 2. The van der Waals surface area contributed by atoms with Gasteiger partial charge in [-0.2, -0.15) is 5.10 Å². The Balaban J connectivity index is 1.53. The normalized spacial score (nSPS) is 18.4. The lowest BCUT2D eigenvalue weighted by Crippen LogP contribution is -2.37. The van der Waals surface area contributed by atoms with E-state index in [-0.39, 0.29) is 23.1 Å². The van der Waals surface area contributed by atoms with Crippen LogP contribution < -0.4 is 15.4 Å². The number of hydrogen-bond donors (Lipinski definition) is 2. The van der Waals surface area contributed by atoms with Gasteiger partial charge in [0.1, 0.15) is 23.2 Å². The van der Waals surface area contributed by atoms with Crippen molar-refractivity contribution in [2.45, 2.75) is 46.6 Å². The molecule has 35 heavy (non-hydrogen) atoms. The van der Waals surface area contributed by atoms with E-state index in [1.165, 1.54) is 0 Å². The number of hydrogen-bond acceptors (Lipinski definition) is 5. The highest BCUT2D eigenvalue weighted by molar-refractivity contribution is 6.08. The first-order valence-electron chi connectivity index (χ1n) is 12.0. The Hall–Kier alpha value is -3.87. The molecule has 0 saturated heterocycles. The molecule has 180 valence electrons.